The molecule has 2 rings (SSSR count). The van der Waals surface area contributed by atoms with Gasteiger partial charge in [0.25, 0.3) is 0 Å². The Morgan fingerprint density at radius 3 is 2.62 bits per heavy atom. The van der Waals surface area contributed by atoms with Gasteiger partial charge in [-0.25, -0.2) is 9.97 Å². The molecule has 0 fully saturated rings. The zero-order chi connectivity index (χ0) is 15.8. The van der Waals surface area contributed by atoms with E-state index in [0.29, 0.717) is 5.02 Å². The highest BCUT2D eigenvalue weighted by Gasteiger charge is 2.24. The summed E-state index contributed by atoms with van der Waals surface area (Å²) in [5.74, 6) is 0.841. The van der Waals surface area contributed by atoms with Crippen LogP contribution in [0, 0.1) is 5.41 Å². The van der Waals surface area contributed by atoms with Crippen LogP contribution in [0.3, 0.4) is 0 Å². The summed E-state index contributed by atoms with van der Waals surface area (Å²) in [7, 11) is 4.16. The van der Waals surface area contributed by atoms with Crippen molar-refractivity contribution in [2.24, 2.45) is 5.41 Å². The Balaban J connectivity index is 2.48. The van der Waals surface area contributed by atoms with E-state index in [1.165, 1.54) is 0 Å². The van der Waals surface area contributed by atoms with Crippen molar-refractivity contribution in [2.75, 3.05) is 20.6 Å². The quantitative estimate of drug-likeness (QED) is 0.778. The predicted molar refractivity (Wildman–Crippen MR) is 89.1 cm³/mol. The molecule has 0 aliphatic rings. The van der Waals surface area contributed by atoms with Gasteiger partial charge in [-0.2, -0.15) is 0 Å². The highest BCUT2D eigenvalue weighted by atomic mass is 35.5. The Labute approximate surface area is 136 Å². The first-order valence-electron chi connectivity index (χ1n) is 7.00. The van der Waals surface area contributed by atoms with E-state index in [1.807, 2.05) is 13.0 Å². The van der Waals surface area contributed by atoms with Crippen molar-refractivity contribution in [1.29, 1.82) is 0 Å². The van der Waals surface area contributed by atoms with Gasteiger partial charge in [0, 0.05) is 19.3 Å². The molecule has 116 valence electrons. The minimum atomic E-state index is -0.173. The second-order valence-electron chi connectivity index (χ2n) is 6.57. The number of rotatable bonds is 5. The summed E-state index contributed by atoms with van der Waals surface area (Å²) in [5, 5.41) is 0.418. The van der Waals surface area contributed by atoms with E-state index >= 15 is 0 Å². The third-order valence-corrected chi connectivity index (χ3v) is 3.67. The average molecular weight is 329 g/mol. The van der Waals surface area contributed by atoms with Crippen molar-refractivity contribution in [3.05, 3.63) is 23.1 Å². The van der Waals surface area contributed by atoms with E-state index in [4.69, 9.17) is 23.2 Å². The number of hydrogen-bond acceptors (Lipinski definition) is 3. The summed E-state index contributed by atoms with van der Waals surface area (Å²) >= 11 is 12.3. The molecule has 2 aromatic rings. The summed E-state index contributed by atoms with van der Waals surface area (Å²) in [5.41, 5.74) is 1.72. The van der Waals surface area contributed by atoms with Crippen LogP contribution in [0.25, 0.3) is 11.2 Å². The third kappa shape index (κ3) is 3.87. The molecule has 1 unspecified atom stereocenters. The molecule has 6 heteroatoms. The molecule has 0 bridgehead atoms. The van der Waals surface area contributed by atoms with Crippen molar-refractivity contribution in [2.45, 2.75) is 32.7 Å². The number of pyridine rings is 1. The van der Waals surface area contributed by atoms with Crippen LogP contribution in [0.1, 0.15) is 32.0 Å². The van der Waals surface area contributed by atoms with Crippen molar-refractivity contribution in [1.82, 2.24) is 19.4 Å². The van der Waals surface area contributed by atoms with Crippen LogP contribution in [0.4, 0.5) is 0 Å². The molecule has 0 N–H and O–H groups in total. The number of fused-ring (bicyclic) bond motifs is 1. The highest BCUT2D eigenvalue weighted by Crippen LogP contribution is 2.29. The molecule has 1 atom stereocenters. The van der Waals surface area contributed by atoms with Crippen molar-refractivity contribution in [3.63, 3.8) is 0 Å². The molecule has 0 amide bonds. The van der Waals surface area contributed by atoms with E-state index in [9.17, 15) is 0 Å². The Morgan fingerprint density at radius 2 is 2.05 bits per heavy atom. The molecule has 0 saturated carbocycles. The molecule has 0 radical (unpaired) electrons. The van der Waals surface area contributed by atoms with Crippen molar-refractivity contribution >= 4 is 34.4 Å². The topological polar surface area (TPSA) is 34.0 Å². The lowest BCUT2D eigenvalue weighted by atomic mass is 9.92. The minimum Gasteiger partial charge on any atom is -0.311 e. The third-order valence-electron chi connectivity index (χ3n) is 3.27. The number of nitrogens with zero attached hydrogens (tertiary/aromatic N) is 4. The Bertz CT molecular complexity index is 632. The fraction of sp³-hybridized carbons (Fsp3) is 0.600. The maximum atomic E-state index is 6.30. The number of halogens is 2. The second kappa shape index (κ2) is 6.11. The summed E-state index contributed by atoms with van der Waals surface area (Å²) in [6, 6.07) is 1.84. The van der Waals surface area contributed by atoms with Gasteiger partial charge in [0.1, 0.15) is 11.3 Å². The molecular formula is C15H22Cl2N4. The number of hydrogen-bond donors (Lipinski definition) is 0. The van der Waals surface area contributed by atoms with Gasteiger partial charge in [-0.15, -0.1) is 11.6 Å². The van der Waals surface area contributed by atoms with Crippen LogP contribution in [-0.4, -0.2) is 40.1 Å². The van der Waals surface area contributed by atoms with Gasteiger partial charge in [-0.1, -0.05) is 25.4 Å². The van der Waals surface area contributed by atoms with E-state index in [-0.39, 0.29) is 10.8 Å². The summed E-state index contributed by atoms with van der Waals surface area (Å²) in [6.45, 7) is 8.17. The first-order chi connectivity index (χ1) is 9.69. The van der Waals surface area contributed by atoms with Gasteiger partial charge in [-0.05, 0) is 32.5 Å². The molecule has 21 heavy (non-hydrogen) atoms. The van der Waals surface area contributed by atoms with Gasteiger partial charge in [0.15, 0.2) is 5.65 Å². The molecular weight excluding hydrogens is 307 g/mol. The average Bonchev–Trinajstić information content (AvgIpc) is 2.64. The van der Waals surface area contributed by atoms with E-state index < -0.39 is 0 Å². The molecule has 0 aliphatic heterocycles. The predicted octanol–water partition coefficient (Wildman–Crippen LogP) is 3.97. The van der Waals surface area contributed by atoms with Crippen LogP contribution in [-0.2, 0) is 6.54 Å². The smallest absolute Gasteiger partial charge is 0.160 e. The van der Waals surface area contributed by atoms with E-state index in [1.54, 1.807) is 6.20 Å². The van der Waals surface area contributed by atoms with Gasteiger partial charge < -0.3 is 9.47 Å². The first kappa shape index (κ1) is 16.5. The van der Waals surface area contributed by atoms with Gasteiger partial charge in [0.2, 0.25) is 0 Å². The van der Waals surface area contributed by atoms with Gasteiger partial charge in [0.05, 0.1) is 10.4 Å². The molecule has 2 aromatic heterocycles. The minimum absolute atomic E-state index is 0.0823. The largest absolute Gasteiger partial charge is 0.311 e. The van der Waals surface area contributed by atoms with Crippen LogP contribution in [0.5, 0.6) is 0 Å². The lowest BCUT2D eigenvalue weighted by molar-refractivity contribution is 0.211. The molecule has 0 saturated heterocycles. The van der Waals surface area contributed by atoms with Crippen molar-refractivity contribution in [3.8, 4) is 0 Å². The van der Waals surface area contributed by atoms with Crippen LogP contribution < -0.4 is 0 Å². The van der Waals surface area contributed by atoms with Crippen molar-refractivity contribution < 1.29 is 0 Å². The lowest BCUT2D eigenvalue weighted by Gasteiger charge is -2.29. The van der Waals surface area contributed by atoms with E-state index in [0.717, 1.165) is 30.1 Å². The first-order valence-corrected chi connectivity index (χ1v) is 7.81. The Hall–Kier alpha value is -0.840. The fourth-order valence-electron chi connectivity index (χ4n) is 2.80. The fourth-order valence-corrected chi connectivity index (χ4v) is 3.12. The van der Waals surface area contributed by atoms with Gasteiger partial charge >= 0.3 is 0 Å². The zero-order valence-electron chi connectivity index (χ0n) is 13.2. The molecule has 2 heterocycles. The second-order valence-corrected chi connectivity index (χ2v) is 7.66. The van der Waals surface area contributed by atoms with Crippen LogP contribution in [0.15, 0.2) is 12.3 Å². The number of imidazole rings is 1. The monoisotopic (exact) mass is 328 g/mol. The van der Waals surface area contributed by atoms with Gasteiger partial charge in [-0.3, -0.25) is 0 Å². The van der Waals surface area contributed by atoms with E-state index in [2.05, 4.69) is 47.4 Å². The maximum Gasteiger partial charge on any atom is 0.160 e. The lowest BCUT2D eigenvalue weighted by Crippen LogP contribution is -2.33. The summed E-state index contributed by atoms with van der Waals surface area (Å²) in [4.78, 5) is 11.2. The number of aromatic nitrogens is 3. The van der Waals surface area contributed by atoms with Crippen LogP contribution in [0.2, 0.25) is 5.02 Å². The normalized spacial score (nSPS) is 14.1. The Kier molecular flexibility index (Phi) is 4.81. The number of alkyl halides is 1. The standard InChI is InChI=1S/C15H22Cl2N4/c1-10(16)13-19-12-6-11(17)7-18-14(12)21(13)9-15(2,3)8-20(4)5/h6-7,10H,8-9H2,1-5H3. The molecule has 4 nitrogen and oxygen atoms in total. The SMILES string of the molecule is CC(Cl)c1nc2cc(Cl)cnc2n1CC(C)(C)CN(C)C. The maximum absolute atomic E-state index is 6.30. The molecule has 0 aliphatic carbocycles. The molecule has 0 spiro atoms. The molecule has 0 aromatic carbocycles. The van der Waals surface area contributed by atoms with Crippen LogP contribution >= 0.6 is 23.2 Å². The Morgan fingerprint density at radius 1 is 1.38 bits per heavy atom. The zero-order valence-corrected chi connectivity index (χ0v) is 14.7. The summed E-state index contributed by atoms with van der Waals surface area (Å²) < 4.78 is 2.12. The summed E-state index contributed by atoms with van der Waals surface area (Å²) in [6.07, 6.45) is 1.66. The highest BCUT2D eigenvalue weighted by molar-refractivity contribution is 6.31.